The maximum absolute atomic E-state index is 6.57. The molecule has 8 aromatic carbocycles. The van der Waals surface area contributed by atoms with Crippen molar-refractivity contribution in [3.63, 3.8) is 0 Å². The van der Waals surface area contributed by atoms with E-state index < -0.39 is 0 Å². The number of nitrogens with zero attached hydrogens (tertiary/aromatic N) is 2. The van der Waals surface area contributed by atoms with Crippen LogP contribution < -0.4 is 4.90 Å². The molecule has 0 fully saturated rings. The minimum atomic E-state index is 0.629. The molecule has 0 spiro atoms. The lowest BCUT2D eigenvalue weighted by atomic mass is 9.98. The number of hydrogen-bond donors (Lipinski definition) is 0. The van der Waals surface area contributed by atoms with Gasteiger partial charge in [0, 0.05) is 54.6 Å². The summed E-state index contributed by atoms with van der Waals surface area (Å²) in [6.07, 6.45) is 0. The van der Waals surface area contributed by atoms with Crippen molar-refractivity contribution in [2.45, 2.75) is 6.54 Å². The zero-order chi connectivity index (χ0) is 34.4. The normalized spacial score (nSPS) is 11.5. The second kappa shape index (κ2) is 12.7. The van der Waals surface area contributed by atoms with E-state index in [0.717, 1.165) is 49.9 Å². The Kier molecular flexibility index (Phi) is 7.40. The van der Waals surface area contributed by atoms with Gasteiger partial charge in [-0.1, -0.05) is 133 Å². The molecule has 0 unspecified atom stereocenters. The Labute approximate surface area is 305 Å². The maximum Gasteiger partial charge on any atom is 0.227 e. The van der Waals surface area contributed by atoms with Crippen LogP contribution in [0.3, 0.4) is 0 Å². The van der Waals surface area contributed by atoms with Gasteiger partial charge in [-0.15, -0.1) is 11.3 Å². The zero-order valence-corrected chi connectivity index (χ0v) is 29.1. The molecule has 0 atom stereocenters. The molecule has 0 bridgehead atoms. The van der Waals surface area contributed by atoms with Crippen molar-refractivity contribution in [3.05, 3.63) is 188 Å². The lowest BCUT2D eigenvalue weighted by Crippen LogP contribution is -2.17. The molecule has 3 nitrogen and oxygen atoms in total. The quantitative estimate of drug-likeness (QED) is 0.167. The van der Waals surface area contributed by atoms with Crippen molar-refractivity contribution in [2.24, 2.45) is 0 Å². The van der Waals surface area contributed by atoms with E-state index in [9.17, 15) is 0 Å². The van der Waals surface area contributed by atoms with Crippen LogP contribution in [0.15, 0.2) is 186 Å². The molecule has 0 aliphatic rings. The molecule has 0 amide bonds. The highest BCUT2D eigenvalue weighted by atomic mass is 32.1. The Morgan fingerprint density at radius 3 is 1.94 bits per heavy atom. The van der Waals surface area contributed by atoms with Crippen LogP contribution in [0.5, 0.6) is 0 Å². The number of fused-ring (bicyclic) bond motifs is 6. The molecule has 2 heterocycles. The summed E-state index contributed by atoms with van der Waals surface area (Å²) >= 11 is 1.85. The first kappa shape index (κ1) is 30.3. The molecule has 0 N–H and O–H groups in total. The van der Waals surface area contributed by atoms with Gasteiger partial charge in [0.25, 0.3) is 0 Å². The van der Waals surface area contributed by atoms with Crippen LogP contribution in [0.1, 0.15) is 5.56 Å². The van der Waals surface area contributed by atoms with E-state index in [1.54, 1.807) is 0 Å². The molecule has 0 aliphatic carbocycles. The van der Waals surface area contributed by atoms with Gasteiger partial charge in [0.05, 0.1) is 0 Å². The van der Waals surface area contributed by atoms with Crippen LogP contribution in [0.2, 0.25) is 0 Å². The fourth-order valence-electron chi connectivity index (χ4n) is 7.43. The first-order chi connectivity index (χ1) is 25.8. The van der Waals surface area contributed by atoms with Gasteiger partial charge in [-0.25, -0.2) is 4.98 Å². The number of thiophene rings is 1. The van der Waals surface area contributed by atoms with Gasteiger partial charge >= 0.3 is 0 Å². The molecule has 52 heavy (non-hydrogen) atoms. The SMILES string of the molecule is c1ccc(-c2nc3c(o2)c(-c2ccc(N(Cc4ccccc4-c4ccccc4)c4ccc5c(c4)sc4ccccc45)cc2)cc2ccccc23)cc1. The van der Waals surface area contributed by atoms with Gasteiger partial charge < -0.3 is 9.32 Å². The van der Waals surface area contributed by atoms with Crippen molar-refractivity contribution in [3.8, 4) is 33.7 Å². The van der Waals surface area contributed by atoms with Crippen molar-refractivity contribution in [1.29, 1.82) is 0 Å². The lowest BCUT2D eigenvalue weighted by Gasteiger charge is -2.27. The maximum atomic E-state index is 6.57. The predicted octanol–water partition coefficient (Wildman–Crippen LogP) is 13.7. The van der Waals surface area contributed by atoms with Gasteiger partial charge in [-0.05, 0) is 76.2 Å². The van der Waals surface area contributed by atoms with Gasteiger partial charge in [-0.2, -0.15) is 0 Å². The molecule has 0 saturated carbocycles. The molecule has 4 heteroatoms. The van der Waals surface area contributed by atoms with Gasteiger partial charge in [0.2, 0.25) is 5.89 Å². The molecular weight excluding hydrogens is 653 g/mol. The number of oxazole rings is 1. The van der Waals surface area contributed by atoms with Gasteiger partial charge in [0.15, 0.2) is 5.58 Å². The van der Waals surface area contributed by atoms with E-state index in [4.69, 9.17) is 9.40 Å². The molecule has 2 aromatic heterocycles. The summed E-state index contributed by atoms with van der Waals surface area (Å²) in [5, 5.41) is 4.83. The van der Waals surface area contributed by atoms with E-state index in [2.05, 4.69) is 157 Å². The fourth-order valence-corrected chi connectivity index (χ4v) is 8.57. The van der Waals surface area contributed by atoms with Crippen LogP contribution in [0.25, 0.3) is 75.8 Å². The molecule has 0 aliphatic heterocycles. The molecular formula is C48H32N2OS. The number of hydrogen-bond acceptors (Lipinski definition) is 4. The fraction of sp³-hybridized carbons (Fsp3) is 0.0208. The molecule has 0 saturated heterocycles. The topological polar surface area (TPSA) is 29.3 Å². The minimum absolute atomic E-state index is 0.629. The Balaban J connectivity index is 1.10. The van der Waals surface area contributed by atoms with Crippen LogP contribution in [-0.4, -0.2) is 4.98 Å². The first-order valence-corrected chi connectivity index (χ1v) is 18.4. The summed E-state index contributed by atoms with van der Waals surface area (Å²) in [7, 11) is 0. The summed E-state index contributed by atoms with van der Waals surface area (Å²) in [4.78, 5) is 7.47. The Bertz CT molecular complexity index is 2870. The lowest BCUT2D eigenvalue weighted by molar-refractivity contribution is 0.621. The van der Waals surface area contributed by atoms with E-state index >= 15 is 0 Å². The second-order valence-corrected chi connectivity index (χ2v) is 14.2. The molecule has 0 radical (unpaired) electrons. The van der Waals surface area contributed by atoms with Crippen molar-refractivity contribution in [1.82, 2.24) is 4.98 Å². The Morgan fingerprint density at radius 1 is 0.481 bits per heavy atom. The van der Waals surface area contributed by atoms with E-state index in [-0.39, 0.29) is 0 Å². The van der Waals surface area contributed by atoms with Crippen LogP contribution in [-0.2, 0) is 6.54 Å². The highest BCUT2D eigenvalue weighted by Gasteiger charge is 2.19. The number of anilines is 2. The average Bonchev–Trinajstić information content (AvgIpc) is 3.83. The van der Waals surface area contributed by atoms with Crippen LogP contribution >= 0.6 is 11.3 Å². The third-order valence-corrected chi connectivity index (χ3v) is 11.1. The summed E-state index contributed by atoms with van der Waals surface area (Å²) in [5.41, 5.74) is 10.8. The summed E-state index contributed by atoms with van der Waals surface area (Å²) in [6.45, 7) is 0.712. The van der Waals surface area contributed by atoms with Crippen LogP contribution in [0.4, 0.5) is 11.4 Å². The van der Waals surface area contributed by atoms with Crippen molar-refractivity contribution in [2.75, 3.05) is 4.90 Å². The molecule has 246 valence electrons. The Hall–Kier alpha value is -6.49. The first-order valence-electron chi connectivity index (χ1n) is 17.6. The summed E-state index contributed by atoms with van der Waals surface area (Å²) < 4.78 is 9.17. The zero-order valence-electron chi connectivity index (χ0n) is 28.2. The minimum Gasteiger partial charge on any atom is -0.435 e. The third-order valence-electron chi connectivity index (χ3n) is 10.0. The molecule has 10 aromatic rings. The largest absolute Gasteiger partial charge is 0.435 e. The average molecular weight is 685 g/mol. The summed E-state index contributed by atoms with van der Waals surface area (Å²) in [6, 6.07) is 64.7. The second-order valence-electron chi connectivity index (χ2n) is 13.1. The summed E-state index contributed by atoms with van der Waals surface area (Å²) in [5.74, 6) is 0.629. The standard InChI is InChI=1S/C48H32N2OS/c1-3-13-32(14-4-1)39-19-9-8-18-36(39)31-50(38-27-28-42-41-21-11-12-22-44(41)52-45(42)30-38)37-25-23-33(24-26-37)43-29-35-17-7-10-20-40(35)46-47(43)51-48(49-46)34-15-5-2-6-16-34/h1-30H,31H2. The number of benzene rings is 8. The smallest absolute Gasteiger partial charge is 0.227 e. The van der Waals surface area contributed by atoms with E-state index in [1.807, 2.05) is 41.7 Å². The third kappa shape index (κ3) is 5.33. The number of aromatic nitrogens is 1. The highest BCUT2D eigenvalue weighted by Crippen LogP contribution is 2.41. The predicted molar refractivity (Wildman–Crippen MR) is 219 cm³/mol. The van der Waals surface area contributed by atoms with Crippen LogP contribution in [0, 0.1) is 0 Å². The van der Waals surface area contributed by atoms with Gasteiger partial charge in [0.1, 0.15) is 5.52 Å². The number of rotatable bonds is 7. The Morgan fingerprint density at radius 2 is 1.12 bits per heavy atom. The van der Waals surface area contributed by atoms with Crippen molar-refractivity contribution < 1.29 is 4.42 Å². The molecule has 10 rings (SSSR count). The monoisotopic (exact) mass is 684 g/mol. The van der Waals surface area contributed by atoms with Crippen molar-refractivity contribution >= 4 is 64.8 Å². The highest BCUT2D eigenvalue weighted by molar-refractivity contribution is 7.25. The van der Waals surface area contributed by atoms with E-state index in [1.165, 1.54) is 36.9 Å². The van der Waals surface area contributed by atoms with Gasteiger partial charge in [-0.3, -0.25) is 0 Å². The van der Waals surface area contributed by atoms with E-state index in [0.29, 0.717) is 12.4 Å².